The van der Waals surface area contributed by atoms with Gasteiger partial charge in [0.25, 0.3) is 11.6 Å². The van der Waals surface area contributed by atoms with Gasteiger partial charge in [0, 0.05) is 25.3 Å². The molecule has 20 heavy (non-hydrogen) atoms. The molecule has 2 rings (SSSR count). The van der Waals surface area contributed by atoms with Crippen LogP contribution in [0.1, 0.15) is 23.2 Å². The van der Waals surface area contributed by atoms with E-state index in [2.05, 4.69) is 0 Å². The maximum Gasteiger partial charge on any atom is 0.288 e. The Kier molecular flexibility index (Phi) is 4.57. The van der Waals surface area contributed by atoms with Gasteiger partial charge >= 0.3 is 0 Å². The summed E-state index contributed by atoms with van der Waals surface area (Å²) in [6.45, 7) is 1.12. The molecule has 1 aromatic rings. The molecule has 0 saturated carbocycles. The number of amides is 1. The van der Waals surface area contributed by atoms with Crippen molar-refractivity contribution in [2.24, 2.45) is 0 Å². The fourth-order valence-electron chi connectivity index (χ4n) is 2.42. The number of nitrogens with zero attached hydrogens (tertiary/aromatic N) is 2. The summed E-state index contributed by atoms with van der Waals surface area (Å²) < 4.78 is 5.10. The van der Waals surface area contributed by atoms with E-state index in [-0.39, 0.29) is 28.2 Å². The van der Waals surface area contributed by atoms with E-state index in [0.29, 0.717) is 13.2 Å². The van der Waals surface area contributed by atoms with Gasteiger partial charge in [-0.25, -0.2) is 0 Å². The lowest BCUT2D eigenvalue weighted by Crippen LogP contribution is -2.38. The van der Waals surface area contributed by atoms with Crippen LogP contribution in [0.3, 0.4) is 0 Å². The van der Waals surface area contributed by atoms with E-state index in [4.69, 9.17) is 16.3 Å². The van der Waals surface area contributed by atoms with Crippen molar-refractivity contribution in [2.45, 2.75) is 18.9 Å². The van der Waals surface area contributed by atoms with Crippen LogP contribution in [0.2, 0.25) is 5.02 Å². The predicted octanol–water partition coefficient (Wildman–Crippen LogP) is 2.50. The molecule has 0 aromatic heterocycles. The van der Waals surface area contributed by atoms with Crippen LogP contribution in [-0.4, -0.2) is 42.0 Å². The van der Waals surface area contributed by atoms with Crippen LogP contribution in [0, 0.1) is 10.1 Å². The quantitative estimate of drug-likeness (QED) is 0.632. The summed E-state index contributed by atoms with van der Waals surface area (Å²) in [5, 5.41) is 10.9. The zero-order valence-corrected chi connectivity index (χ0v) is 11.8. The van der Waals surface area contributed by atoms with Gasteiger partial charge in [0.2, 0.25) is 0 Å². The van der Waals surface area contributed by atoms with Gasteiger partial charge in [-0.2, -0.15) is 0 Å². The fraction of sp³-hybridized carbons (Fsp3) is 0.462. The molecule has 1 heterocycles. The van der Waals surface area contributed by atoms with Crippen LogP contribution in [0.15, 0.2) is 18.2 Å². The monoisotopic (exact) mass is 298 g/mol. The highest BCUT2D eigenvalue weighted by Crippen LogP contribution is 2.27. The van der Waals surface area contributed by atoms with Crippen molar-refractivity contribution in [2.75, 3.05) is 20.3 Å². The Morgan fingerprint density at radius 2 is 2.35 bits per heavy atom. The largest absolute Gasteiger partial charge is 0.383 e. The molecule has 1 aliphatic rings. The van der Waals surface area contributed by atoms with E-state index >= 15 is 0 Å². The molecule has 1 fully saturated rings. The number of likely N-dealkylation sites (tertiary alicyclic amines) is 1. The number of halogens is 1. The number of carbonyl (C=O) groups excluding carboxylic acids is 1. The lowest BCUT2D eigenvalue weighted by molar-refractivity contribution is -0.384. The third-order valence-electron chi connectivity index (χ3n) is 3.39. The van der Waals surface area contributed by atoms with Crippen LogP contribution >= 0.6 is 11.6 Å². The van der Waals surface area contributed by atoms with Gasteiger partial charge in [-0.05, 0) is 25.0 Å². The highest BCUT2D eigenvalue weighted by molar-refractivity contribution is 6.32. The zero-order valence-electron chi connectivity index (χ0n) is 11.0. The number of hydrogen-bond acceptors (Lipinski definition) is 4. The van der Waals surface area contributed by atoms with E-state index in [9.17, 15) is 14.9 Å². The lowest BCUT2D eigenvalue weighted by atomic mass is 10.1. The number of nitro benzene ring substituents is 1. The van der Waals surface area contributed by atoms with Crippen molar-refractivity contribution < 1.29 is 14.5 Å². The van der Waals surface area contributed by atoms with Gasteiger partial charge in [0.15, 0.2) is 0 Å². The third-order valence-corrected chi connectivity index (χ3v) is 3.71. The first-order valence-electron chi connectivity index (χ1n) is 6.28. The highest BCUT2D eigenvalue weighted by Gasteiger charge is 2.30. The van der Waals surface area contributed by atoms with Crippen molar-refractivity contribution in [3.8, 4) is 0 Å². The molecule has 7 heteroatoms. The topological polar surface area (TPSA) is 72.7 Å². The molecule has 0 spiro atoms. The summed E-state index contributed by atoms with van der Waals surface area (Å²) >= 11 is 5.75. The molecule has 1 aliphatic heterocycles. The number of carbonyl (C=O) groups is 1. The molecule has 108 valence electrons. The van der Waals surface area contributed by atoms with E-state index in [1.165, 1.54) is 18.2 Å². The van der Waals surface area contributed by atoms with Gasteiger partial charge in [0.05, 0.1) is 17.6 Å². The van der Waals surface area contributed by atoms with Crippen molar-refractivity contribution in [3.63, 3.8) is 0 Å². The minimum atomic E-state index is -0.588. The van der Waals surface area contributed by atoms with Gasteiger partial charge in [-0.15, -0.1) is 0 Å². The first kappa shape index (κ1) is 14.7. The van der Waals surface area contributed by atoms with E-state index in [1.54, 1.807) is 12.0 Å². The minimum Gasteiger partial charge on any atom is -0.383 e. The SMILES string of the molecule is COCC1CCCN1C(=O)c1ccc(Cl)c([N+](=O)[O-])c1. The predicted molar refractivity (Wildman–Crippen MR) is 74.0 cm³/mol. The van der Waals surface area contributed by atoms with Crippen molar-refractivity contribution >= 4 is 23.2 Å². The number of benzene rings is 1. The lowest BCUT2D eigenvalue weighted by Gasteiger charge is -2.24. The number of ether oxygens (including phenoxy) is 1. The van der Waals surface area contributed by atoms with Crippen molar-refractivity contribution in [1.29, 1.82) is 0 Å². The molecule has 1 saturated heterocycles. The number of rotatable bonds is 4. The molecule has 0 radical (unpaired) electrons. The summed E-state index contributed by atoms with van der Waals surface area (Å²) in [6, 6.07) is 4.16. The second-order valence-electron chi connectivity index (χ2n) is 4.67. The average molecular weight is 299 g/mol. The van der Waals surface area contributed by atoms with Crippen LogP contribution in [0.4, 0.5) is 5.69 Å². The first-order chi connectivity index (χ1) is 9.54. The Hall–Kier alpha value is -1.66. The molecule has 1 atom stereocenters. The normalized spacial score (nSPS) is 18.3. The molecular formula is C13H15ClN2O4. The number of nitro groups is 1. The standard InChI is InChI=1S/C13H15ClN2O4/c1-20-8-10-3-2-6-15(10)13(17)9-4-5-11(14)12(7-9)16(18)19/h4-5,7,10H,2-3,6,8H2,1H3. The average Bonchev–Trinajstić information content (AvgIpc) is 2.87. The van der Waals surface area contributed by atoms with Gasteiger partial charge in [-0.1, -0.05) is 11.6 Å². The molecule has 1 unspecified atom stereocenters. The second kappa shape index (κ2) is 6.19. The second-order valence-corrected chi connectivity index (χ2v) is 5.08. The molecule has 0 bridgehead atoms. The summed E-state index contributed by atoms with van der Waals surface area (Å²) in [5.74, 6) is -0.218. The number of hydrogen-bond donors (Lipinski definition) is 0. The Morgan fingerprint density at radius 3 is 3.00 bits per heavy atom. The molecule has 0 N–H and O–H groups in total. The van der Waals surface area contributed by atoms with Crippen LogP contribution < -0.4 is 0 Å². The Balaban J connectivity index is 2.25. The van der Waals surface area contributed by atoms with Crippen molar-refractivity contribution in [3.05, 3.63) is 38.9 Å². The van der Waals surface area contributed by atoms with Crippen LogP contribution in [-0.2, 0) is 4.74 Å². The molecule has 6 nitrogen and oxygen atoms in total. The maximum atomic E-state index is 12.4. The molecular weight excluding hydrogens is 284 g/mol. The first-order valence-corrected chi connectivity index (χ1v) is 6.66. The smallest absolute Gasteiger partial charge is 0.288 e. The van der Waals surface area contributed by atoms with E-state index in [1.807, 2.05) is 0 Å². The minimum absolute atomic E-state index is 0.0291. The molecule has 1 aromatic carbocycles. The zero-order chi connectivity index (χ0) is 14.7. The van der Waals surface area contributed by atoms with E-state index < -0.39 is 4.92 Å². The van der Waals surface area contributed by atoms with Gasteiger partial charge < -0.3 is 9.64 Å². The van der Waals surface area contributed by atoms with Gasteiger partial charge in [0.1, 0.15) is 5.02 Å². The van der Waals surface area contributed by atoms with Crippen molar-refractivity contribution in [1.82, 2.24) is 4.90 Å². The van der Waals surface area contributed by atoms with E-state index in [0.717, 1.165) is 12.8 Å². The Morgan fingerprint density at radius 1 is 1.60 bits per heavy atom. The highest BCUT2D eigenvalue weighted by atomic mass is 35.5. The van der Waals surface area contributed by atoms with Crippen LogP contribution in [0.5, 0.6) is 0 Å². The molecule has 0 aliphatic carbocycles. The summed E-state index contributed by atoms with van der Waals surface area (Å²) in [7, 11) is 1.59. The fourth-order valence-corrected chi connectivity index (χ4v) is 2.61. The number of methoxy groups -OCH3 is 1. The third kappa shape index (κ3) is 2.91. The Labute approximate surface area is 121 Å². The Bertz CT molecular complexity index is 535. The van der Waals surface area contributed by atoms with Gasteiger partial charge in [-0.3, -0.25) is 14.9 Å². The summed E-state index contributed by atoms with van der Waals surface area (Å²) in [6.07, 6.45) is 1.80. The van der Waals surface area contributed by atoms with Crippen LogP contribution in [0.25, 0.3) is 0 Å². The summed E-state index contributed by atoms with van der Waals surface area (Å²) in [4.78, 5) is 24.4. The molecule has 1 amide bonds. The summed E-state index contributed by atoms with van der Waals surface area (Å²) in [5.41, 5.74) is 0.0316. The maximum absolute atomic E-state index is 12.4.